The van der Waals surface area contributed by atoms with E-state index in [-0.39, 0.29) is 10.7 Å². The minimum atomic E-state index is -0.711. The molecule has 8 heteroatoms. The van der Waals surface area contributed by atoms with Gasteiger partial charge in [-0.25, -0.2) is 4.98 Å². The number of nitrogens with zero attached hydrogens (tertiary/aromatic N) is 3. The molecule has 2 rings (SSSR count). The minimum Gasteiger partial charge on any atom is -0.322 e. The molecule has 0 aliphatic heterocycles. The maximum absolute atomic E-state index is 12.1. The number of nitriles is 1. The van der Waals surface area contributed by atoms with E-state index in [4.69, 9.17) is 16.9 Å². The Bertz CT molecular complexity index is 753. The molecule has 7 nitrogen and oxygen atoms in total. The summed E-state index contributed by atoms with van der Waals surface area (Å²) in [6.45, 7) is 0. The van der Waals surface area contributed by atoms with E-state index in [0.29, 0.717) is 11.3 Å². The van der Waals surface area contributed by atoms with Crippen molar-refractivity contribution in [2.45, 2.75) is 0 Å². The fraction of sp³-hybridized carbons (Fsp3) is 0. The van der Waals surface area contributed by atoms with Crippen LogP contribution in [0.3, 0.4) is 0 Å². The van der Waals surface area contributed by atoms with Crippen LogP contribution in [0.5, 0.6) is 0 Å². The SMILES string of the molecule is N#Cc1ccc(NC(=O)c2cc(Cl)ncc2[N+](=O)[O-])cc1. The van der Waals surface area contributed by atoms with Gasteiger partial charge in [-0.15, -0.1) is 0 Å². The number of anilines is 1. The first-order chi connectivity index (χ1) is 10.0. The van der Waals surface area contributed by atoms with Crippen molar-refractivity contribution >= 4 is 28.9 Å². The van der Waals surface area contributed by atoms with Crippen LogP contribution in [0.2, 0.25) is 5.15 Å². The third-order valence-electron chi connectivity index (χ3n) is 2.56. The highest BCUT2D eigenvalue weighted by atomic mass is 35.5. The topological polar surface area (TPSA) is 109 Å². The Labute approximate surface area is 123 Å². The van der Waals surface area contributed by atoms with Crippen LogP contribution in [-0.4, -0.2) is 15.8 Å². The molecule has 0 radical (unpaired) electrons. The van der Waals surface area contributed by atoms with E-state index in [9.17, 15) is 14.9 Å². The van der Waals surface area contributed by atoms with Crippen LogP contribution in [0.15, 0.2) is 36.5 Å². The van der Waals surface area contributed by atoms with Crippen LogP contribution < -0.4 is 5.32 Å². The highest BCUT2D eigenvalue weighted by molar-refractivity contribution is 6.30. The normalized spacial score (nSPS) is 9.71. The lowest BCUT2D eigenvalue weighted by Gasteiger charge is -2.06. The fourth-order valence-corrected chi connectivity index (χ4v) is 1.73. The number of benzene rings is 1. The zero-order valence-corrected chi connectivity index (χ0v) is 11.2. The van der Waals surface area contributed by atoms with E-state index in [1.165, 1.54) is 24.3 Å². The number of nitrogens with one attached hydrogen (secondary N) is 1. The van der Waals surface area contributed by atoms with Crippen LogP contribution in [0, 0.1) is 21.4 Å². The number of pyridine rings is 1. The standard InChI is InChI=1S/C13H7ClN4O3/c14-12-5-10(11(7-16-12)18(20)21)13(19)17-9-3-1-8(6-15)2-4-9/h1-5,7H,(H,17,19). The second-order valence-corrected chi connectivity index (χ2v) is 4.31. The molecule has 1 N–H and O–H groups in total. The first-order valence-electron chi connectivity index (χ1n) is 5.62. The van der Waals surface area contributed by atoms with E-state index >= 15 is 0 Å². The predicted molar refractivity (Wildman–Crippen MR) is 75.0 cm³/mol. The summed E-state index contributed by atoms with van der Waals surface area (Å²) < 4.78 is 0. The number of hydrogen-bond donors (Lipinski definition) is 1. The van der Waals surface area contributed by atoms with Gasteiger partial charge in [-0.3, -0.25) is 14.9 Å². The lowest BCUT2D eigenvalue weighted by Crippen LogP contribution is -2.14. The number of aromatic nitrogens is 1. The van der Waals surface area contributed by atoms with Gasteiger partial charge >= 0.3 is 0 Å². The van der Waals surface area contributed by atoms with Crippen molar-refractivity contribution in [1.82, 2.24) is 4.98 Å². The van der Waals surface area contributed by atoms with E-state index < -0.39 is 16.5 Å². The van der Waals surface area contributed by atoms with Gasteiger partial charge in [-0.1, -0.05) is 11.6 Å². The van der Waals surface area contributed by atoms with E-state index in [2.05, 4.69) is 10.3 Å². The number of rotatable bonds is 3. The second-order valence-electron chi connectivity index (χ2n) is 3.92. The van der Waals surface area contributed by atoms with Crippen molar-refractivity contribution in [2.24, 2.45) is 0 Å². The summed E-state index contributed by atoms with van der Waals surface area (Å²) in [6.07, 6.45) is 0.927. The molecule has 104 valence electrons. The average molecular weight is 303 g/mol. The van der Waals surface area contributed by atoms with Crippen molar-refractivity contribution in [3.63, 3.8) is 0 Å². The Morgan fingerprint density at radius 2 is 2.05 bits per heavy atom. The first-order valence-corrected chi connectivity index (χ1v) is 6.00. The first kappa shape index (κ1) is 14.4. The maximum Gasteiger partial charge on any atom is 0.300 e. The van der Waals surface area contributed by atoms with Crippen LogP contribution >= 0.6 is 11.6 Å². The van der Waals surface area contributed by atoms with Gasteiger partial charge in [0, 0.05) is 5.69 Å². The number of nitro groups is 1. The van der Waals surface area contributed by atoms with Gasteiger partial charge in [0.05, 0.1) is 16.6 Å². The third kappa shape index (κ3) is 3.32. The number of carbonyl (C=O) groups excluding carboxylic acids is 1. The Kier molecular flexibility index (Phi) is 4.11. The molecule has 0 saturated heterocycles. The Morgan fingerprint density at radius 3 is 2.62 bits per heavy atom. The summed E-state index contributed by atoms with van der Waals surface area (Å²) in [6, 6.07) is 9.14. The van der Waals surface area contributed by atoms with Gasteiger partial charge in [0.15, 0.2) is 0 Å². The zero-order chi connectivity index (χ0) is 15.4. The van der Waals surface area contributed by atoms with Gasteiger partial charge in [0.1, 0.15) is 16.9 Å². The molecule has 1 heterocycles. The van der Waals surface area contributed by atoms with E-state index in [1.807, 2.05) is 6.07 Å². The Morgan fingerprint density at radius 1 is 1.38 bits per heavy atom. The average Bonchev–Trinajstić information content (AvgIpc) is 2.47. The molecule has 1 amide bonds. The van der Waals surface area contributed by atoms with Gasteiger partial charge in [-0.05, 0) is 30.3 Å². The number of carbonyl (C=O) groups is 1. The van der Waals surface area contributed by atoms with Crippen LogP contribution in [0.1, 0.15) is 15.9 Å². The van der Waals surface area contributed by atoms with Gasteiger partial charge in [0.25, 0.3) is 11.6 Å². The Balaban J connectivity index is 2.29. The molecular formula is C13H7ClN4O3. The molecule has 1 aromatic carbocycles. The van der Waals surface area contributed by atoms with Gasteiger partial charge < -0.3 is 5.32 Å². The summed E-state index contributed by atoms with van der Waals surface area (Å²) in [5, 5.41) is 22.0. The van der Waals surface area contributed by atoms with Gasteiger partial charge in [0.2, 0.25) is 0 Å². The quantitative estimate of drug-likeness (QED) is 0.532. The summed E-state index contributed by atoms with van der Waals surface area (Å²) in [5.74, 6) is -0.685. The second kappa shape index (κ2) is 5.98. The van der Waals surface area contributed by atoms with E-state index in [1.54, 1.807) is 0 Å². The largest absolute Gasteiger partial charge is 0.322 e. The molecule has 0 aliphatic rings. The molecule has 0 bridgehead atoms. The summed E-state index contributed by atoms with van der Waals surface area (Å²) in [4.78, 5) is 25.8. The van der Waals surface area contributed by atoms with Crippen molar-refractivity contribution in [1.29, 1.82) is 5.26 Å². The molecule has 1 aromatic heterocycles. The lowest BCUT2D eigenvalue weighted by atomic mass is 10.2. The molecular weight excluding hydrogens is 296 g/mol. The molecule has 21 heavy (non-hydrogen) atoms. The van der Waals surface area contributed by atoms with E-state index in [0.717, 1.165) is 12.3 Å². The van der Waals surface area contributed by atoms with Crippen molar-refractivity contribution in [3.8, 4) is 6.07 Å². The monoisotopic (exact) mass is 302 g/mol. The molecule has 0 aliphatic carbocycles. The number of halogens is 1. The maximum atomic E-state index is 12.1. The van der Waals surface area contributed by atoms with Gasteiger partial charge in [-0.2, -0.15) is 5.26 Å². The molecule has 0 fully saturated rings. The van der Waals surface area contributed by atoms with Crippen LogP contribution in [0.25, 0.3) is 0 Å². The molecule has 0 saturated carbocycles. The van der Waals surface area contributed by atoms with Crippen molar-refractivity contribution in [3.05, 3.63) is 62.9 Å². The predicted octanol–water partition coefficient (Wildman–Crippen LogP) is 2.77. The van der Waals surface area contributed by atoms with Crippen molar-refractivity contribution in [2.75, 3.05) is 5.32 Å². The zero-order valence-electron chi connectivity index (χ0n) is 10.4. The van der Waals surface area contributed by atoms with Crippen LogP contribution in [-0.2, 0) is 0 Å². The Hall–Kier alpha value is -2.98. The minimum absolute atomic E-state index is 0.0226. The number of hydrogen-bond acceptors (Lipinski definition) is 5. The summed E-state index contributed by atoms with van der Waals surface area (Å²) in [5.41, 5.74) is 0.210. The highest BCUT2D eigenvalue weighted by Gasteiger charge is 2.21. The summed E-state index contributed by atoms with van der Waals surface area (Å²) >= 11 is 5.66. The molecule has 0 atom stereocenters. The summed E-state index contributed by atoms with van der Waals surface area (Å²) in [7, 11) is 0. The van der Waals surface area contributed by atoms with Crippen LogP contribution in [0.4, 0.5) is 11.4 Å². The molecule has 0 spiro atoms. The highest BCUT2D eigenvalue weighted by Crippen LogP contribution is 2.21. The third-order valence-corrected chi connectivity index (χ3v) is 2.77. The number of amides is 1. The smallest absolute Gasteiger partial charge is 0.300 e. The fourth-order valence-electron chi connectivity index (χ4n) is 1.58. The molecule has 2 aromatic rings. The lowest BCUT2D eigenvalue weighted by molar-refractivity contribution is -0.385. The molecule has 0 unspecified atom stereocenters. The van der Waals surface area contributed by atoms with Crippen molar-refractivity contribution < 1.29 is 9.72 Å².